The summed E-state index contributed by atoms with van der Waals surface area (Å²) in [6.45, 7) is 2.31. The number of thiophene rings is 1. The number of aliphatic hydroxyl groups is 1. The van der Waals surface area contributed by atoms with Gasteiger partial charge in [-0.3, -0.25) is 9.59 Å². The summed E-state index contributed by atoms with van der Waals surface area (Å²) in [7, 11) is 0. The van der Waals surface area contributed by atoms with Crippen molar-refractivity contribution in [3.05, 3.63) is 51.9 Å². The molecule has 1 aliphatic heterocycles. The SMILES string of the molecule is C[C@H](CC(=O)Nc1sc2c(c1C#N)CCN(C(=O)CO)C2)c1ccccc1. The highest BCUT2D eigenvalue weighted by molar-refractivity contribution is 7.16. The molecule has 0 fully saturated rings. The number of fused-ring (bicyclic) bond motifs is 1. The summed E-state index contributed by atoms with van der Waals surface area (Å²) in [6.07, 6.45) is 0.878. The monoisotopic (exact) mass is 383 g/mol. The van der Waals surface area contributed by atoms with Gasteiger partial charge in [0.2, 0.25) is 11.8 Å². The molecular weight excluding hydrogens is 362 g/mol. The van der Waals surface area contributed by atoms with Crippen LogP contribution in [0.5, 0.6) is 0 Å². The minimum absolute atomic E-state index is 0.0731. The zero-order valence-electron chi connectivity index (χ0n) is 15.1. The molecule has 0 aliphatic carbocycles. The number of carbonyl (C=O) groups excluding carboxylic acids is 2. The number of hydrogen-bond acceptors (Lipinski definition) is 5. The fourth-order valence-electron chi connectivity index (χ4n) is 3.28. The molecule has 1 aromatic heterocycles. The molecule has 0 spiro atoms. The second-order valence-corrected chi connectivity index (χ2v) is 7.71. The van der Waals surface area contributed by atoms with Gasteiger partial charge in [-0.25, -0.2) is 0 Å². The first kappa shape index (κ1) is 19.1. The molecule has 140 valence electrons. The Balaban J connectivity index is 1.72. The number of anilines is 1. The van der Waals surface area contributed by atoms with E-state index >= 15 is 0 Å². The second kappa shape index (κ2) is 8.33. The first-order valence-electron chi connectivity index (χ1n) is 8.81. The molecule has 2 amide bonds. The Morgan fingerprint density at radius 2 is 2.11 bits per heavy atom. The number of hydrogen-bond donors (Lipinski definition) is 2. The van der Waals surface area contributed by atoms with Crippen LogP contribution in [0.25, 0.3) is 0 Å². The van der Waals surface area contributed by atoms with Gasteiger partial charge in [0.25, 0.3) is 0 Å². The van der Waals surface area contributed by atoms with E-state index in [2.05, 4.69) is 11.4 Å². The van der Waals surface area contributed by atoms with Gasteiger partial charge in [0, 0.05) is 17.8 Å². The van der Waals surface area contributed by atoms with Crippen molar-refractivity contribution in [1.82, 2.24) is 4.90 Å². The van der Waals surface area contributed by atoms with Gasteiger partial charge in [-0.1, -0.05) is 37.3 Å². The van der Waals surface area contributed by atoms with Crippen molar-refractivity contribution in [1.29, 1.82) is 5.26 Å². The van der Waals surface area contributed by atoms with E-state index in [4.69, 9.17) is 5.11 Å². The lowest BCUT2D eigenvalue weighted by atomic mass is 9.97. The number of carbonyl (C=O) groups is 2. The molecule has 0 saturated heterocycles. The Morgan fingerprint density at radius 3 is 2.78 bits per heavy atom. The van der Waals surface area contributed by atoms with Crippen molar-refractivity contribution in [3.8, 4) is 6.07 Å². The van der Waals surface area contributed by atoms with E-state index in [0.29, 0.717) is 36.5 Å². The van der Waals surface area contributed by atoms with Crippen LogP contribution in [0.3, 0.4) is 0 Å². The molecule has 0 saturated carbocycles. The third-order valence-electron chi connectivity index (χ3n) is 4.77. The van der Waals surface area contributed by atoms with Crippen molar-refractivity contribution >= 4 is 28.2 Å². The molecule has 3 rings (SSSR count). The summed E-state index contributed by atoms with van der Waals surface area (Å²) >= 11 is 1.34. The predicted molar refractivity (Wildman–Crippen MR) is 103 cm³/mol. The molecule has 0 unspecified atom stereocenters. The average molecular weight is 383 g/mol. The van der Waals surface area contributed by atoms with Crippen molar-refractivity contribution in [2.45, 2.75) is 32.2 Å². The molecule has 27 heavy (non-hydrogen) atoms. The van der Waals surface area contributed by atoms with E-state index in [-0.39, 0.29) is 17.7 Å². The summed E-state index contributed by atoms with van der Waals surface area (Å²) in [5.41, 5.74) is 2.49. The van der Waals surface area contributed by atoms with Crippen LogP contribution in [0, 0.1) is 11.3 Å². The van der Waals surface area contributed by atoms with Gasteiger partial charge in [0.15, 0.2) is 0 Å². The van der Waals surface area contributed by atoms with Gasteiger partial charge in [0.05, 0.1) is 12.1 Å². The molecule has 7 heteroatoms. The fraction of sp³-hybridized carbons (Fsp3) is 0.350. The van der Waals surface area contributed by atoms with Gasteiger partial charge < -0.3 is 15.3 Å². The summed E-state index contributed by atoms with van der Waals surface area (Å²) in [5.74, 6) is -0.386. The second-order valence-electron chi connectivity index (χ2n) is 6.61. The maximum atomic E-state index is 12.5. The van der Waals surface area contributed by atoms with Crippen molar-refractivity contribution < 1.29 is 14.7 Å². The molecule has 0 radical (unpaired) electrons. The van der Waals surface area contributed by atoms with Crippen molar-refractivity contribution in [2.24, 2.45) is 0 Å². The van der Waals surface area contributed by atoms with Crippen LogP contribution >= 0.6 is 11.3 Å². The zero-order chi connectivity index (χ0) is 19.4. The molecule has 1 aromatic carbocycles. The van der Waals surface area contributed by atoms with Crippen LogP contribution in [0.1, 0.15) is 40.8 Å². The quantitative estimate of drug-likeness (QED) is 0.830. The number of aliphatic hydroxyl groups excluding tert-OH is 1. The standard InChI is InChI=1S/C20H21N3O3S/c1-13(14-5-3-2-4-6-14)9-18(25)22-20-16(10-21)15-7-8-23(19(26)12-24)11-17(15)27-20/h2-6,13,24H,7-9,11-12H2,1H3,(H,22,25)/t13-/m1/s1. The maximum absolute atomic E-state index is 12.5. The number of benzene rings is 1. The zero-order valence-corrected chi connectivity index (χ0v) is 15.9. The summed E-state index contributed by atoms with van der Waals surface area (Å²) in [4.78, 5) is 26.7. The van der Waals surface area contributed by atoms with E-state index in [9.17, 15) is 14.9 Å². The highest BCUT2D eigenvalue weighted by Gasteiger charge is 2.27. The Kier molecular flexibility index (Phi) is 5.89. The lowest BCUT2D eigenvalue weighted by Gasteiger charge is -2.26. The molecule has 2 aromatic rings. The first-order chi connectivity index (χ1) is 13.0. The maximum Gasteiger partial charge on any atom is 0.248 e. The number of amides is 2. The molecular formula is C20H21N3O3S. The van der Waals surface area contributed by atoms with Crippen molar-refractivity contribution in [2.75, 3.05) is 18.5 Å². The summed E-state index contributed by atoms with van der Waals surface area (Å²) < 4.78 is 0. The molecule has 2 heterocycles. The summed E-state index contributed by atoms with van der Waals surface area (Å²) in [6, 6.07) is 12.0. The van der Waals surface area contributed by atoms with Crippen LogP contribution in [0.4, 0.5) is 5.00 Å². The van der Waals surface area contributed by atoms with Gasteiger partial charge in [-0.05, 0) is 23.5 Å². The third kappa shape index (κ3) is 4.18. The number of nitrogens with one attached hydrogen (secondary N) is 1. The smallest absolute Gasteiger partial charge is 0.248 e. The van der Waals surface area contributed by atoms with Gasteiger partial charge in [-0.2, -0.15) is 5.26 Å². The fourth-order valence-corrected chi connectivity index (χ4v) is 4.51. The van der Waals surface area contributed by atoms with Gasteiger partial charge in [-0.15, -0.1) is 11.3 Å². The molecule has 6 nitrogen and oxygen atoms in total. The van der Waals surface area contributed by atoms with E-state index in [0.717, 1.165) is 16.0 Å². The van der Waals surface area contributed by atoms with E-state index in [1.807, 2.05) is 37.3 Å². The van der Waals surface area contributed by atoms with E-state index in [1.54, 1.807) is 4.90 Å². The number of rotatable bonds is 5. The number of nitrogens with zero attached hydrogens (tertiary/aromatic N) is 2. The first-order valence-corrected chi connectivity index (χ1v) is 9.63. The number of nitriles is 1. The summed E-state index contributed by atoms with van der Waals surface area (Å²) in [5, 5.41) is 22.0. The Morgan fingerprint density at radius 1 is 1.37 bits per heavy atom. The lowest BCUT2D eigenvalue weighted by Crippen LogP contribution is -2.37. The highest BCUT2D eigenvalue weighted by atomic mass is 32.1. The van der Waals surface area contributed by atoms with Crippen LogP contribution in [-0.4, -0.2) is 35.0 Å². The van der Waals surface area contributed by atoms with Gasteiger partial charge >= 0.3 is 0 Å². The molecule has 2 N–H and O–H groups in total. The predicted octanol–water partition coefficient (Wildman–Crippen LogP) is 2.63. The van der Waals surface area contributed by atoms with E-state index in [1.165, 1.54) is 11.3 Å². The van der Waals surface area contributed by atoms with Crippen LogP contribution in [-0.2, 0) is 22.6 Å². The molecule has 1 aliphatic rings. The third-order valence-corrected chi connectivity index (χ3v) is 5.90. The minimum Gasteiger partial charge on any atom is -0.387 e. The Labute approximate surface area is 162 Å². The molecule has 0 bridgehead atoms. The highest BCUT2D eigenvalue weighted by Crippen LogP contribution is 2.37. The van der Waals surface area contributed by atoms with Crippen LogP contribution < -0.4 is 5.32 Å². The minimum atomic E-state index is -0.521. The van der Waals surface area contributed by atoms with E-state index < -0.39 is 6.61 Å². The van der Waals surface area contributed by atoms with Crippen LogP contribution in [0.2, 0.25) is 0 Å². The topological polar surface area (TPSA) is 93.4 Å². The Hall–Kier alpha value is -2.69. The molecule has 1 atom stereocenters. The Bertz CT molecular complexity index is 886. The van der Waals surface area contributed by atoms with Gasteiger partial charge in [0.1, 0.15) is 17.7 Å². The average Bonchev–Trinajstić information content (AvgIpc) is 3.03. The lowest BCUT2D eigenvalue weighted by molar-refractivity contribution is -0.135. The normalized spacial score (nSPS) is 14.2. The largest absolute Gasteiger partial charge is 0.387 e. The van der Waals surface area contributed by atoms with Crippen LogP contribution in [0.15, 0.2) is 30.3 Å². The van der Waals surface area contributed by atoms with Crippen molar-refractivity contribution in [3.63, 3.8) is 0 Å².